The van der Waals surface area contributed by atoms with Crippen LogP contribution >= 0.6 is 0 Å². The van der Waals surface area contributed by atoms with E-state index in [1.54, 1.807) is 0 Å². The van der Waals surface area contributed by atoms with E-state index in [1.165, 1.54) is 0 Å². The van der Waals surface area contributed by atoms with Gasteiger partial charge in [-0.3, -0.25) is 0 Å². The average molecular weight is 90.2 g/mol. The summed E-state index contributed by atoms with van der Waals surface area (Å²) in [7, 11) is 1.86. The minimum atomic E-state index is -0.275. The fourth-order valence-corrected chi connectivity index (χ4v) is 0. The van der Waals surface area contributed by atoms with Crippen LogP contribution in [0.4, 0.5) is 0 Å². The minimum Gasteiger partial charge on any atom is -0.410 e. The Hall–Kier alpha value is 0.177. The Balaban J connectivity index is 2.54. The number of hydrogen-bond acceptors (Lipinski definition) is 0. The highest BCUT2D eigenvalue weighted by molar-refractivity contribution is 6.45. The Bertz CT molecular complexity index is 20.9. The van der Waals surface area contributed by atoms with Gasteiger partial charge in [0.2, 0.25) is 0 Å². The van der Waals surface area contributed by atoms with Gasteiger partial charge in [-0.2, -0.15) is 0 Å². The molecule has 0 aliphatic rings. The maximum Gasteiger partial charge on any atom is 0.260 e. The molecule has 0 aliphatic carbocycles. The predicted octanol–water partition coefficient (Wildman–Crippen LogP) is -0.837. The minimum absolute atomic E-state index is 0.275. The van der Waals surface area contributed by atoms with Crippen LogP contribution in [-0.4, -0.2) is 16.0 Å². The van der Waals surface area contributed by atoms with E-state index in [0.717, 1.165) is 0 Å². The second-order valence-corrected chi connectivity index (χ2v) is 4.73. The molecule has 0 aromatic carbocycles. The fraction of sp³-hybridized carbons (Fsp3) is 1.00. The molecule has 0 saturated heterocycles. The zero-order valence-corrected chi connectivity index (χ0v) is 5.31. The Kier molecular flexibility index (Phi) is 2.50. The Morgan fingerprint density at radius 1 is 1.40 bits per heavy atom. The van der Waals surface area contributed by atoms with Crippen LogP contribution in [0, 0.1) is 0 Å². The Labute approximate surface area is 35.1 Å². The largest absolute Gasteiger partial charge is 0.410 e. The van der Waals surface area contributed by atoms with Gasteiger partial charge in [0.1, 0.15) is 0 Å². The molecule has 0 spiro atoms. The second-order valence-electron chi connectivity index (χ2n) is 1.58. The van der Waals surface area contributed by atoms with Gasteiger partial charge >= 0.3 is 0 Å². The third-order valence-electron chi connectivity index (χ3n) is 0.667. The van der Waals surface area contributed by atoms with Gasteiger partial charge in [-0.05, 0) is 13.1 Å². The monoisotopic (exact) mass is 90.1 g/mol. The summed E-state index contributed by atoms with van der Waals surface area (Å²) in [6.45, 7) is 4.61. The normalized spacial score (nSPS) is 9.60. The zero-order chi connectivity index (χ0) is 4.28. The van der Waals surface area contributed by atoms with E-state index in [4.69, 9.17) is 0 Å². The predicted molar refractivity (Wildman–Crippen MR) is 26.7 cm³/mol. The fourth-order valence-electron chi connectivity index (χ4n) is 0. The first-order chi connectivity index (χ1) is 2.27. The maximum atomic E-state index is 2.31. The van der Waals surface area contributed by atoms with E-state index in [1.807, 2.05) is 0 Å². The molecule has 0 amide bonds. The summed E-state index contributed by atoms with van der Waals surface area (Å²) >= 11 is 0. The van der Waals surface area contributed by atoms with Crippen molar-refractivity contribution in [1.29, 1.82) is 0 Å². The van der Waals surface area contributed by atoms with E-state index in [-0.39, 0.29) is 8.96 Å². The molecule has 5 heavy (non-hydrogen) atoms. The van der Waals surface area contributed by atoms with E-state index >= 15 is 0 Å². The molecular formula is C3H12NSi+. The lowest BCUT2D eigenvalue weighted by molar-refractivity contribution is -0.487. The molecule has 0 aliphatic heterocycles. The van der Waals surface area contributed by atoms with Crippen molar-refractivity contribution in [1.82, 2.24) is 0 Å². The van der Waals surface area contributed by atoms with Crippen LogP contribution < -0.4 is 4.98 Å². The van der Waals surface area contributed by atoms with Crippen molar-refractivity contribution in [3.05, 3.63) is 0 Å². The van der Waals surface area contributed by atoms with Crippen molar-refractivity contribution in [3.8, 4) is 0 Å². The van der Waals surface area contributed by atoms with Crippen LogP contribution in [0.25, 0.3) is 0 Å². The van der Waals surface area contributed by atoms with Crippen molar-refractivity contribution in [3.63, 3.8) is 0 Å². The topological polar surface area (TPSA) is 16.6 Å². The zero-order valence-electron chi connectivity index (χ0n) is 4.15. The molecule has 0 bridgehead atoms. The van der Waals surface area contributed by atoms with Crippen LogP contribution in [0.1, 0.15) is 0 Å². The van der Waals surface area contributed by atoms with E-state index in [0.29, 0.717) is 0 Å². The number of quaternary nitrogens is 1. The summed E-state index contributed by atoms with van der Waals surface area (Å²) in [5.41, 5.74) is 0. The van der Waals surface area contributed by atoms with Gasteiger partial charge in [0.15, 0.2) is 0 Å². The van der Waals surface area contributed by atoms with Gasteiger partial charge in [-0.25, -0.2) is 0 Å². The lowest BCUT2D eigenvalue weighted by Gasteiger charge is -1.87. The summed E-state index contributed by atoms with van der Waals surface area (Å²) in [5.74, 6) is 0. The van der Waals surface area contributed by atoms with Crippen molar-refractivity contribution in [2.75, 3.05) is 7.05 Å². The molecule has 0 heterocycles. The lowest BCUT2D eigenvalue weighted by atomic mass is 11.6. The molecule has 0 radical (unpaired) electrons. The second kappa shape index (κ2) is 2.42. The summed E-state index contributed by atoms with van der Waals surface area (Å²) < 4.78 is 0. The van der Waals surface area contributed by atoms with Crippen molar-refractivity contribution >= 4 is 8.96 Å². The van der Waals surface area contributed by atoms with Crippen LogP contribution in [-0.2, 0) is 0 Å². The first-order valence-electron chi connectivity index (χ1n) is 2.07. The summed E-state index contributed by atoms with van der Waals surface area (Å²) in [4.78, 5) is 2.31. The third-order valence-corrected chi connectivity index (χ3v) is 2.00. The van der Waals surface area contributed by atoms with Crippen molar-refractivity contribution < 1.29 is 4.98 Å². The first kappa shape index (κ1) is 5.18. The van der Waals surface area contributed by atoms with Gasteiger partial charge in [-0.1, -0.05) is 0 Å². The highest BCUT2D eigenvalue weighted by Crippen LogP contribution is 1.51. The van der Waals surface area contributed by atoms with E-state index in [9.17, 15) is 0 Å². The smallest absolute Gasteiger partial charge is 0.260 e. The SMILES string of the molecule is C[NH2+][SiH](C)C. The number of rotatable bonds is 1. The molecule has 0 unspecified atom stereocenters. The standard InChI is InChI=1S/C3H11NSi/c1-4-5(2)3/h4-5H,1-3H3/p+1. The van der Waals surface area contributed by atoms with Crippen LogP contribution in [0.2, 0.25) is 13.1 Å². The van der Waals surface area contributed by atoms with Crippen molar-refractivity contribution in [2.45, 2.75) is 13.1 Å². The first-order valence-corrected chi connectivity index (χ1v) is 5.04. The summed E-state index contributed by atoms with van der Waals surface area (Å²) in [6.07, 6.45) is 0. The molecule has 2 heteroatoms. The number of nitrogens with two attached hydrogens (primary N) is 1. The molecule has 0 saturated carbocycles. The molecule has 0 aromatic heterocycles. The van der Waals surface area contributed by atoms with Gasteiger partial charge < -0.3 is 4.98 Å². The molecule has 0 aromatic rings. The van der Waals surface area contributed by atoms with E-state index in [2.05, 4.69) is 25.1 Å². The number of hydrogen-bond donors (Lipinski definition) is 1. The summed E-state index contributed by atoms with van der Waals surface area (Å²) in [6, 6.07) is 0. The molecule has 32 valence electrons. The van der Waals surface area contributed by atoms with Gasteiger partial charge in [-0.15, -0.1) is 0 Å². The highest BCUT2D eigenvalue weighted by atomic mass is 28.3. The highest BCUT2D eigenvalue weighted by Gasteiger charge is 1.88. The molecule has 1 nitrogen and oxygen atoms in total. The van der Waals surface area contributed by atoms with Crippen molar-refractivity contribution in [2.24, 2.45) is 0 Å². The summed E-state index contributed by atoms with van der Waals surface area (Å²) in [5, 5.41) is 0. The van der Waals surface area contributed by atoms with Crippen LogP contribution in [0.5, 0.6) is 0 Å². The molecule has 0 rings (SSSR count). The van der Waals surface area contributed by atoms with E-state index < -0.39 is 0 Å². The molecular weight excluding hydrogens is 78.1 g/mol. The van der Waals surface area contributed by atoms with Gasteiger partial charge in [0.25, 0.3) is 8.96 Å². The molecule has 0 atom stereocenters. The quantitative estimate of drug-likeness (QED) is 0.404. The van der Waals surface area contributed by atoms with Gasteiger partial charge in [0, 0.05) is 7.05 Å². The Morgan fingerprint density at radius 2 is 1.60 bits per heavy atom. The third kappa shape index (κ3) is 4.18. The lowest BCUT2D eigenvalue weighted by Crippen LogP contribution is -2.87. The van der Waals surface area contributed by atoms with Crippen LogP contribution in [0.15, 0.2) is 0 Å². The average Bonchev–Trinajstić information content (AvgIpc) is 1.38. The van der Waals surface area contributed by atoms with Gasteiger partial charge in [0.05, 0.1) is 0 Å². The Morgan fingerprint density at radius 3 is 1.60 bits per heavy atom. The maximum absolute atomic E-state index is 2.31. The molecule has 2 N–H and O–H groups in total. The molecule has 0 fully saturated rings. The van der Waals surface area contributed by atoms with Crippen LogP contribution in [0.3, 0.4) is 0 Å².